The molecule has 1 aliphatic heterocycles. The van der Waals surface area contributed by atoms with Crippen LogP contribution in [-0.2, 0) is 6.54 Å². The van der Waals surface area contributed by atoms with Gasteiger partial charge in [-0.2, -0.15) is 4.98 Å². The van der Waals surface area contributed by atoms with Crippen LogP contribution in [0.25, 0.3) is 22.6 Å². The standard InChI is InChI=1S/C22H21FN8O/c23-17-9-7-15(8-10-17)18-13-30(29-27-18)12-14-3-5-16(6-4-14)20-26-21(32-28-20)19-2-1-11-31(19)22(24)25/h3-10,13,19H,1-2,11-12H2,(H3,24,25). The first-order valence-electron chi connectivity index (χ1n) is 10.3. The van der Waals surface area contributed by atoms with Crippen molar-refractivity contribution in [2.24, 2.45) is 5.73 Å². The maximum Gasteiger partial charge on any atom is 0.249 e. The molecule has 1 fully saturated rings. The van der Waals surface area contributed by atoms with E-state index in [1.165, 1.54) is 12.1 Å². The molecule has 1 atom stereocenters. The van der Waals surface area contributed by atoms with Gasteiger partial charge in [0.2, 0.25) is 11.7 Å². The van der Waals surface area contributed by atoms with Crippen LogP contribution in [0.5, 0.6) is 0 Å². The third-order valence-corrected chi connectivity index (χ3v) is 5.52. The maximum atomic E-state index is 13.1. The molecule has 5 rings (SSSR count). The average molecular weight is 432 g/mol. The number of likely N-dealkylation sites (tertiary alicyclic amines) is 1. The summed E-state index contributed by atoms with van der Waals surface area (Å²) >= 11 is 0. The Morgan fingerprint density at radius 1 is 1.12 bits per heavy atom. The third-order valence-electron chi connectivity index (χ3n) is 5.52. The van der Waals surface area contributed by atoms with E-state index in [2.05, 4.69) is 20.5 Å². The zero-order valence-electron chi connectivity index (χ0n) is 17.1. The zero-order chi connectivity index (χ0) is 22.1. The van der Waals surface area contributed by atoms with Gasteiger partial charge >= 0.3 is 0 Å². The molecule has 3 heterocycles. The molecule has 0 aliphatic carbocycles. The van der Waals surface area contributed by atoms with Crippen LogP contribution in [0, 0.1) is 11.2 Å². The highest BCUT2D eigenvalue weighted by atomic mass is 19.1. The monoisotopic (exact) mass is 432 g/mol. The molecular weight excluding hydrogens is 411 g/mol. The molecule has 3 N–H and O–H groups in total. The highest BCUT2D eigenvalue weighted by Crippen LogP contribution is 2.31. The van der Waals surface area contributed by atoms with Crippen LogP contribution >= 0.6 is 0 Å². The highest BCUT2D eigenvalue weighted by Gasteiger charge is 2.31. The lowest BCUT2D eigenvalue weighted by Gasteiger charge is -2.21. The first-order valence-corrected chi connectivity index (χ1v) is 10.3. The Morgan fingerprint density at radius 3 is 2.62 bits per heavy atom. The van der Waals surface area contributed by atoms with Gasteiger partial charge in [-0.05, 0) is 42.7 Å². The Bertz CT molecular complexity index is 1230. The fourth-order valence-electron chi connectivity index (χ4n) is 3.87. The fraction of sp³-hybridized carbons (Fsp3) is 0.227. The van der Waals surface area contributed by atoms with Crippen molar-refractivity contribution >= 4 is 5.96 Å². The van der Waals surface area contributed by atoms with Crippen LogP contribution in [0.15, 0.2) is 59.3 Å². The zero-order valence-corrected chi connectivity index (χ0v) is 17.1. The number of rotatable bonds is 5. The van der Waals surface area contributed by atoms with Crippen molar-refractivity contribution in [1.29, 1.82) is 5.41 Å². The number of nitrogens with zero attached hydrogens (tertiary/aromatic N) is 6. The molecular formula is C22H21FN8O. The van der Waals surface area contributed by atoms with Crippen LogP contribution in [0.4, 0.5) is 4.39 Å². The van der Waals surface area contributed by atoms with Gasteiger partial charge in [0.25, 0.3) is 0 Å². The van der Waals surface area contributed by atoms with Gasteiger partial charge in [0.05, 0.1) is 12.7 Å². The van der Waals surface area contributed by atoms with Crippen molar-refractivity contribution in [3.63, 3.8) is 0 Å². The van der Waals surface area contributed by atoms with E-state index in [1.54, 1.807) is 21.7 Å². The lowest BCUT2D eigenvalue weighted by Crippen LogP contribution is -2.35. The Hall–Kier alpha value is -4.08. The molecule has 0 spiro atoms. The predicted octanol–water partition coefficient (Wildman–Crippen LogP) is 3.21. The molecule has 0 radical (unpaired) electrons. The van der Waals surface area contributed by atoms with Gasteiger partial charge in [-0.15, -0.1) is 5.10 Å². The normalized spacial score (nSPS) is 15.9. The summed E-state index contributed by atoms with van der Waals surface area (Å²) in [6.07, 6.45) is 3.59. The summed E-state index contributed by atoms with van der Waals surface area (Å²) < 4.78 is 20.3. The number of hydrogen-bond acceptors (Lipinski definition) is 6. The van der Waals surface area contributed by atoms with Gasteiger partial charge < -0.3 is 15.2 Å². The lowest BCUT2D eigenvalue weighted by atomic mass is 10.1. The summed E-state index contributed by atoms with van der Waals surface area (Å²) in [7, 11) is 0. The molecule has 9 nitrogen and oxygen atoms in total. The molecule has 4 aromatic rings. The number of aromatic nitrogens is 5. The summed E-state index contributed by atoms with van der Waals surface area (Å²) in [6.45, 7) is 1.26. The highest BCUT2D eigenvalue weighted by molar-refractivity contribution is 5.75. The maximum absolute atomic E-state index is 13.1. The molecule has 10 heteroatoms. The number of benzene rings is 2. The number of nitrogens with one attached hydrogen (secondary N) is 1. The molecule has 0 amide bonds. The molecule has 2 aromatic heterocycles. The first-order chi connectivity index (χ1) is 15.6. The molecule has 2 aromatic carbocycles. The fourth-order valence-corrected chi connectivity index (χ4v) is 3.87. The molecule has 0 saturated carbocycles. The van der Waals surface area contributed by atoms with E-state index in [9.17, 15) is 4.39 Å². The number of guanidine groups is 1. The number of halogens is 1. The molecule has 1 aliphatic rings. The quantitative estimate of drug-likeness (QED) is 0.367. The second kappa shape index (κ2) is 8.22. The predicted molar refractivity (Wildman–Crippen MR) is 115 cm³/mol. The second-order valence-electron chi connectivity index (χ2n) is 7.70. The van der Waals surface area contributed by atoms with Crippen LogP contribution in [-0.4, -0.2) is 42.5 Å². The van der Waals surface area contributed by atoms with Gasteiger partial charge in [-0.1, -0.05) is 34.6 Å². The minimum atomic E-state index is -0.283. The summed E-state index contributed by atoms with van der Waals surface area (Å²) in [6, 6.07) is 13.8. The van der Waals surface area contributed by atoms with Crippen LogP contribution in [0.1, 0.15) is 30.3 Å². The van der Waals surface area contributed by atoms with Gasteiger partial charge in [0.15, 0.2) is 5.96 Å². The van der Waals surface area contributed by atoms with E-state index in [4.69, 9.17) is 15.7 Å². The summed E-state index contributed by atoms with van der Waals surface area (Å²) in [5.74, 6) is 0.718. The van der Waals surface area contributed by atoms with Gasteiger partial charge in [-0.3, -0.25) is 5.41 Å². The largest absolute Gasteiger partial charge is 0.370 e. The van der Waals surface area contributed by atoms with Crippen molar-refractivity contribution in [3.8, 4) is 22.6 Å². The van der Waals surface area contributed by atoms with E-state index < -0.39 is 0 Å². The lowest BCUT2D eigenvalue weighted by molar-refractivity contribution is 0.283. The summed E-state index contributed by atoms with van der Waals surface area (Å²) in [5, 5.41) is 20.1. The first kappa shape index (κ1) is 19.9. The second-order valence-corrected chi connectivity index (χ2v) is 7.70. The molecule has 1 unspecified atom stereocenters. The van der Waals surface area contributed by atoms with Crippen molar-refractivity contribution in [3.05, 3.63) is 72.0 Å². The SMILES string of the molecule is N=C(N)N1CCCC1c1nc(-c2ccc(Cn3cc(-c4ccc(F)cc4)nn3)cc2)no1. The van der Waals surface area contributed by atoms with E-state index in [-0.39, 0.29) is 17.8 Å². The van der Waals surface area contributed by atoms with Crippen molar-refractivity contribution in [2.75, 3.05) is 6.54 Å². The minimum absolute atomic E-state index is 0.0206. The van der Waals surface area contributed by atoms with Crippen molar-refractivity contribution in [2.45, 2.75) is 25.4 Å². The van der Waals surface area contributed by atoms with Gasteiger partial charge in [-0.25, -0.2) is 9.07 Å². The Balaban J connectivity index is 1.28. The Kier molecular flexibility index (Phi) is 5.10. The van der Waals surface area contributed by atoms with E-state index in [1.807, 2.05) is 30.5 Å². The third kappa shape index (κ3) is 3.94. The van der Waals surface area contributed by atoms with E-state index >= 15 is 0 Å². The Labute approximate surface area is 183 Å². The smallest absolute Gasteiger partial charge is 0.249 e. The van der Waals surface area contributed by atoms with Crippen LogP contribution < -0.4 is 5.73 Å². The van der Waals surface area contributed by atoms with Crippen LogP contribution in [0.2, 0.25) is 0 Å². The molecule has 32 heavy (non-hydrogen) atoms. The summed E-state index contributed by atoms with van der Waals surface area (Å²) in [4.78, 5) is 6.30. The molecule has 1 saturated heterocycles. The van der Waals surface area contributed by atoms with Crippen molar-refractivity contribution < 1.29 is 8.91 Å². The van der Waals surface area contributed by atoms with E-state index in [0.29, 0.717) is 24.0 Å². The van der Waals surface area contributed by atoms with Gasteiger partial charge in [0, 0.05) is 17.7 Å². The number of hydrogen-bond donors (Lipinski definition) is 2. The summed E-state index contributed by atoms with van der Waals surface area (Å²) in [5.41, 5.74) is 9.02. The van der Waals surface area contributed by atoms with Crippen molar-refractivity contribution in [1.82, 2.24) is 30.0 Å². The topological polar surface area (TPSA) is 123 Å². The molecule has 162 valence electrons. The van der Waals surface area contributed by atoms with Crippen LogP contribution in [0.3, 0.4) is 0 Å². The average Bonchev–Trinajstić information content (AvgIpc) is 3.55. The van der Waals surface area contributed by atoms with E-state index in [0.717, 1.165) is 36.1 Å². The minimum Gasteiger partial charge on any atom is -0.370 e. The van der Waals surface area contributed by atoms with Gasteiger partial charge in [0.1, 0.15) is 17.6 Å². The Morgan fingerprint density at radius 2 is 1.88 bits per heavy atom. The molecule has 0 bridgehead atoms. The number of nitrogens with two attached hydrogens (primary N) is 1.